The first-order valence-electron chi connectivity index (χ1n) is 8.64. The number of amides is 1. The number of hydrogen-bond donors (Lipinski definition) is 0. The maximum absolute atomic E-state index is 12.9. The van der Waals surface area contributed by atoms with Crippen LogP contribution in [-0.2, 0) is 0 Å². The summed E-state index contributed by atoms with van der Waals surface area (Å²) in [5, 5.41) is 0. The molecule has 0 saturated carbocycles. The first-order valence-corrected chi connectivity index (χ1v) is 8.64. The molecule has 1 aliphatic heterocycles. The predicted octanol–water partition coefficient (Wildman–Crippen LogP) is 2.96. The standard InChI is InChI=1S/C20H24N2O3/c1-14-10-15(2)12-21(11-14)20(24)16-4-9-19(23)22(13-16)17-5-7-18(25-3)8-6-17/h4-9,13-15H,10-12H2,1-3H3. The lowest BCUT2D eigenvalue weighted by Crippen LogP contribution is -2.42. The molecule has 1 amide bonds. The smallest absolute Gasteiger partial charge is 0.255 e. The summed E-state index contributed by atoms with van der Waals surface area (Å²) in [7, 11) is 1.60. The van der Waals surface area contributed by atoms with Gasteiger partial charge >= 0.3 is 0 Å². The van der Waals surface area contributed by atoms with Crippen molar-refractivity contribution in [2.45, 2.75) is 20.3 Å². The second kappa shape index (κ2) is 7.13. The van der Waals surface area contributed by atoms with Gasteiger partial charge in [0.25, 0.3) is 11.5 Å². The Morgan fingerprint density at radius 1 is 1.04 bits per heavy atom. The van der Waals surface area contributed by atoms with Gasteiger partial charge in [-0.2, -0.15) is 0 Å². The summed E-state index contributed by atoms with van der Waals surface area (Å²) in [6.07, 6.45) is 2.78. The second-order valence-corrected chi connectivity index (χ2v) is 6.98. The van der Waals surface area contributed by atoms with Crippen molar-refractivity contribution < 1.29 is 9.53 Å². The van der Waals surface area contributed by atoms with Gasteiger partial charge in [0.2, 0.25) is 0 Å². The molecule has 1 fully saturated rings. The molecular weight excluding hydrogens is 316 g/mol. The van der Waals surface area contributed by atoms with E-state index in [1.54, 1.807) is 43.6 Å². The normalized spacial score (nSPS) is 20.4. The van der Waals surface area contributed by atoms with Crippen molar-refractivity contribution in [3.05, 3.63) is 58.5 Å². The number of carbonyl (C=O) groups excluding carboxylic acids is 1. The number of piperidine rings is 1. The minimum absolute atomic E-state index is 0.0133. The summed E-state index contributed by atoms with van der Waals surface area (Å²) in [6, 6.07) is 10.3. The van der Waals surface area contributed by atoms with Crippen molar-refractivity contribution in [3.8, 4) is 11.4 Å². The molecule has 3 rings (SSSR count). The largest absolute Gasteiger partial charge is 0.497 e. The van der Waals surface area contributed by atoms with Gasteiger partial charge in [0.15, 0.2) is 0 Å². The van der Waals surface area contributed by atoms with Crippen LogP contribution in [-0.4, -0.2) is 35.6 Å². The number of ether oxygens (including phenoxy) is 1. The van der Waals surface area contributed by atoms with E-state index in [1.165, 1.54) is 10.6 Å². The predicted molar refractivity (Wildman–Crippen MR) is 97.4 cm³/mol. The van der Waals surface area contributed by atoms with E-state index >= 15 is 0 Å². The summed E-state index contributed by atoms with van der Waals surface area (Å²) in [5.74, 6) is 1.71. The van der Waals surface area contributed by atoms with E-state index in [1.807, 2.05) is 4.90 Å². The number of nitrogens with zero attached hydrogens (tertiary/aromatic N) is 2. The molecule has 2 aromatic rings. The SMILES string of the molecule is COc1ccc(-n2cc(C(=O)N3CC(C)CC(C)C3)ccc2=O)cc1. The topological polar surface area (TPSA) is 51.5 Å². The van der Waals surface area contributed by atoms with Crippen LogP contribution in [0.1, 0.15) is 30.6 Å². The highest BCUT2D eigenvalue weighted by Crippen LogP contribution is 2.22. The van der Waals surface area contributed by atoms with Gasteiger partial charge < -0.3 is 9.64 Å². The van der Waals surface area contributed by atoms with E-state index in [4.69, 9.17) is 4.74 Å². The Morgan fingerprint density at radius 3 is 2.28 bits per heavy atom. The summed E-state index contributed by atoms with van der Waals surface area (Å²) in [5.41, 5.74) is 1.08. The molecule has 0 spiro atoms. The molecular formula is C20H24N2O3. The lowest BCUT2D eigenvalue weighted by Gasteiger charge is -2.35. The summed E-state index contributed by atoms with van der Waals surface area (Å²) >= 11 is 0. The number of likely N-dealkylation sites (tertiary alicyclic amines) is 1. The van der Waals surface area contributed by atoms with Gasteiger partial charge in [-0.3, -0.25) is 14.2 Å². The van der Waals surface area contributed by atoms with Crippen LogP contribution in [0, 0.1) is 11.8 Å². The Balaban J connectivity index is 1.90. The average molecular weight is 340 g/mol. The third kappa shape index (κ3) is 3.76. The van der Waals surface area contributed by atoms with Crippen LogP contribution in [0.3, 0.4) is 0 Å². The van der Waals surface area contributed by atoms with Crippen LogP contribution in [0.4, 0.5) is 0 Å². The zero-order valence-corrected chi connectivity index (χ0v) is 14.9. The molecule has 5 heteroatoms. The Morgan fingerprint density at radius 2 is 1.68 bits per heavy atom. The number of pyridine rings is 1. The van der Waals surface area contributed by atoms with Gasteiger partial charge in [-0.05, 0) is 48.6 Å². The van der Waals surface area contributed by atoms with Crippen molar-refractivity contribution in [1.29, 1.82) is 0 Å². The Labute approximate surface area is 147 Å². The minimum atomic E-state index is -0.165. The van der Waals surface area contributed by atoms with Crippen LogP contribution < -0.4 is 10.3 Å². The average Bonchev–Trinajstić information content (AvgIpc) is 2.61. The molecule has 1 aromatic carbocycles. The van der Waals surface area contributed by atoms with Gasteiger partial charge in [0.1, 0.15) is 5.75 Å². The van der Waals surface area contributed by atoms with Crippen LogP contribution in [0.2, 0.25) is 0 Å². The molecule has 0 radical (unpaired) electrons. The third-order valence-corrected chi connectivity index (χ3v) is 4.66. The first-order chi connectivity index (χ1) is 12.0. The van der Waals surface area contributed by atoms with E-state index in [0.717, 1.165) is 25.3 Å². The summed E-state index contributed by atoms with van der Waals surface area (Å²) in [6.45, 7) is 5.89. The lowest BCUT2D eigenvalue weighted by molar-refractivity contribution is 0.0622. The molecule has 1 aliphatic rings. The first kappa shape index (κ1) is 17.3. The van der Waals surface area contributed by atoms with Crippen LogP contribution in [0.25, 0.3) is 5.69 Å². The number of aromatic nitrogens is 1. The Hall–Kier alpha value is -2.56. The van der Waals surface area contributed by atoms with Gasteiger partial charge in [-0.15, -0.1) is 0 Å². The van der Waals surface area contributed by atoms with E-state index in [9.17, 15) is 9.59 Å². The highest BCUT2D eigenvalue weighted by Gasteiger charge is 2.26. The fourth-order valence-corrected chi connectivity index (χ4v) is 3.57. The van der Waals surface area contributed by atoms with Crippen molar-refractivity contribution in [3.63, 3.8) is 0 Å². The van der Waals surface area contributed by atoms with Crippen molar-refractivity contribution in [2.24, 2.45) is 11.8 Å². The summed E-state index contributed by atoms with van der Waals surface area (Å²) in [4.78, 5) is 27.0. The number of rotatable bonds is 3. The monoisotopic (exact) mass is 340 g/mol. The molecule has 25 heavy (non-hydrogen) atoms. The van der Waals surface area contributed by atoms with Crippen LogP contribution in [0.15, 0.2) is 47.4 Å². The van der Waals surface area contributed by atoms with Crippen molar-refractivity contribution >= 4 is 5.91 Å². The molecule has 1 aromatic heterocycles. The zero-order chi connectivity index (χ0) is 18.0. The van der Waals surface area contributed by atoms with E-state index in [0.29, 0.717) is 23.1 Å². The fourth-order valence-electron chi connectivity index (χ4n) is 3.57. The van der Waals surface area contributed by atoms with Gasteiger partial charge in [0, 0.05) is 31.0 Å². The molecule has 1 saturated heterocycles. The van der Waals surface area contributed by atoms with Crippen LogP contribution in [0.5, 0.6) is 5.75 Å². The van der Waals surface area contributed by atoms with Gasteiger partial charge in [-0.1, -0.05) is 13.8 Å². The van der Waals surface area contributed by atoms with Crippen LogP contribution >= 0.6 is 0 Å². The molecule has 0 bridgehead atoms. The van der Waals surface area contributed by atoms with Gasteiger partial charge in [0.05, 0.1) is 12.7 Å². The molecule has 2 unspecified atom stereocenters. The number of benzene rings is 1. The Kier molecular flexibility index (Phi) is 4.93. The van der Waals surface area contributed by atoms with Crippen molar-refractivity contribution in [1.82, 2.24) is 9.47 Å². The molecule has 0 aliphatic carbocycles. The second-order valence-electron chi connectivity index (χ2n) is 6.98. The van der Waals surface area contributed by atoms with Crippen molar-refractivity contribution in [2.75, 3.05) is 20.2 Å². The molecule has 0 N–H and O–H groups in total. The van der Waals surface area contributed by atoms with Gasteiger partial charge in [-0.25, -0.2) is 0 Å². The van der Waals surface area contributed by atoms with E-state index in [2.05, 4.69) is 13.8 Å². The Bertz CT molecular complexity index is 800. The highest BCUT2D eigenvalue weighted by atomic mass is 16.5. The third-order valence-electron chi connectivity index (χ3n) is 4.66. The number of methoxy groups -OCH3 is 1. The zero-order valence-electron chi connectivity index (χ0n) is 14.9. The van der Waals surface area contributed by atoms with E-state index < -0.39 is 0 Å². The minimum Gasteiger partial charge on any atom is -0.497 e. The molecule has 2 heterocycles. The number of hydrogen-bond acceptors (Lipinski definition) is 3. The maximum atomic E-state index is 12.9. The molecule has 2 atom stereocenters. The van der Waals surface area contributed by atoms with E-state index in [-0.39, 0.29) is 11.5 Å². The molecule has 5 nitrogen and oxygen atoms in total. The number of carbonyl (C=O) groups is 1. The quantitative estimate of drug-likeness (QED) is 0.863. The highest BCUT2D eigenvalue weighted by molar-refractivity contribution is 5.94. The lowest BCUT2D eigenvalue weighted by atomic mass is 9.91. The summed E-state index contributed by atoms with van der Waals surface area (Å²) < 4.78 is 6.65. The maximum Gasteiger partial charge on any atom is 0.255 e. The fraction of sp³-hybridized carbons (Fsp3) is 0.400. The molecule has 132 valence electrons.